The number of hydrogen-bond donors (Lipinski definition) is 1. The molecule has 0 amide bonds. The van der Waals surface area contributed by atoms with Crippen LogP contribution in [0.1, 0.15) is 18.4 Å². The number of para-hydroxylation sites is 1. The molecule has 0 bridgehead atoms. The summed E-state index contributed by atoms with van der Waals surface area (Å²) in [5.74, 6) is -2.67. The number of nitrogens with one attached hydrogen (secondary N) is 1. The molecule has 0 unspecified atom stereocenters. The topological polar surface area (TPSA) is 12.0 Å². The number of halogens is 2. The van der Waals surface area contributed by atoms with Crippen LogP contribution >= 0.6 is 0 Å². The van der Waals surface area contributed by atoms with Crippen LogP contribution in [-0.2, 0) is 5.92 Å². The molecular weight excluding hydrogens is 172 g/mol. The molecule has 70 valence electrons. The Morgan fingerprint density at radius 3 is 2.85 bits per heavy atom. The molecule has 1 aliphatic heterocycles. The molecular formula is C10H11F2N. The van der Waals surface area contributed by atoms with Crippen molar-refractivity contribution in [2.45, 2.75) is 18.8 Å². The summed E-state index contributed by atoms with van der Waals surface area (Å²) < 4.78 is 26.8. The van der Waals surface area contributed by atoms with Crippen LogP contribution in [0.5, 0.6) is 0 Å². The molecule has 0 saturated carbocycles. The quantitative estimate of drug-likeness (QED) is 0.652. The van der Waals surface area contributed by atoms with E-state index in [1.807, 2.05) is 0 Å². The zero-order valence-electron chi connectivity index (χ0n) is 7.19. The Balaban J connectivity index is 2.48. The second-order valence-electron chi connectivity index (χ2n) is 3.28. The van der Waals surface area contributed by atoms with E-state index < -0.39 is 5.92 Å². The molecule has 0 fully saturated rings. The molecule has 1 aromatic carbocycles. The number of hydrogen-bond acceptors (Lipinski definition) is 1. The fourth-order valence-electron chi connectivity index (χ4n) is 1.62. The van der Waals surface area contributed by atoms with Gasteiger partial charge < -0.3 is 5.32 Å². The van der Waals surface area contributed by atoms with E-state index in [1.54, 1.807) is 18.2 Å². The summed E-state index contributed by atoms with van der Waals surface area (Å²) in [7, 11) is 0. The van der Waals surface area contributed by atoms with Gasteiger partial charge in [0.1, 0.15) is 0 Å². The third-order valence-corrected chi connectivity index (χ3v) is 2.30. The van der Waals surface area contributed by atoms with Crippen molar-refractivity contribution in [1.29, 1.82) is 0 Å². The summed E-state index contributed by atoms with van der Waals surface area (Å²) in [5, 5.41) is 3.00. The van der Waals surface area contributed by atoms with E-state index in [2.05, 4.69) is 5.32 Å². The molecule has 1 aliphatic rings. The highest BCUT2D eigenvalue weighted by atomic mass is 19.3. The number of fused-ring (bicyclic) bond motifs is 1. The van der Waals surface area contributed by atoms with E-state index in [0.29, 0.717) is 18.7 Å². The lowest BCUT2D eigenvalue weighted by molar-refractivity contribution is -0.0120. The van der Waals surface area contributed by atoms with Crippen molar-refractivity contribution >= 4 is 5.69 Å². The van der Waals surface area contributed by atoms with Crippen LogP contribution in [0.3, 0.4) is 0 Å². The minimum atomic E-state index is -2.67. The molecule has 0 saturated heterocycles. The van der Waals surface area contributed by atoms with Crippen molar-refractivity contribution in [3.05, 3.63) is 29.8 Å². The molecule has 3 heteroatoms. The van der Waals surface area contributed by atoms with Crippen LogP contribution in [0.2, 0.25) is 0 Å². The molecule has 0 spiro atoms. The van der Waals surface area contributed by atoms with Crippen molar-refractivity contribution < 1.29 is 8.78 Å². The standard InChI is InChI=1S/C10H11F2N/c11-10(12)6-3-7-13-9-5-2-1-4-8(9)10/h1-2,4-5,13H,3,6-7H2. The fraction of sp³-hybridized carbons (Fsp3) is 0.400. The van der Waals surface area contributed by atoms with Gasteiger partial charge in [-0.1, -0.05) is 18.2 Å². The van der Waals surface area contributed by atoms with E-state index >= 15 is 0 Å². The molecule has 0 aliphatic carbocycles. The first-order valence-corrected chi connectivity index (χ1v) is 4.41. The summed E-state index contributed by atoms with van der Waals surface area (Å²) >= 11 is 0. The molecule has 1 heterocycles. The molecule has 2 rings (SSSR count). The van der Waals surface area contributed by atoms with Crippen LogP contribution in [0.15, 0.2) is 24.3 Å². The average Bonchev–Trinajstić information content (AvgIpc) is 2.26. The maximum atomic E-state index is 13.4. The molecule has 0 radical (unpaired) electrons. The lowest BCUT2D eigenvalue weighted by Crippen LogP contribution is -2.12. The van der Waals surface area contributed by atoms with Gasteiger partial charge in [-0.05, 0) is 12.5 Å². The smallest absolute Gasteiger partial charge is 0.275 e. The Hall–Kier alpha value is -1.12. The van der Waals surface area contributed by atoms with E-state index in [1.165, 1.54) is 6.07 Å². The first-order valence-electron chi connectivity index (χ1n) is 4.41. The van der Waals surface area contributed by atoms with Gasteiger partial charge in [-0.15, -0.1) is 0 Å². The highest BCUT2D eigenvalue weighted by Crippen LogP contribution is 2.38. The predicted molar refractivity (Wildman–Crippen MR) is 48.1 cm³/mol. The zero-order valence-corrected chi connectivity index (χ0v) is 7.19. The van der Waals surface area contributed by atoms with Gasteiger partial charge in [-0.2, -0.15) is 0 Å². The number of rotatable bonds is 0. The van der Waals surface area contributed by atoms with E-state index in [9.17, 15) is 8.78 Å². The van der Waals surface area contributed by atoms with Crippen molar-refractivity contribution in [2.75, 3.05) is 11.9 Å². The third-order valence-electron chi connectivity index (χ3n) is 2.30. The van der Waals surface area contributed by atoms with Gasteiger partial charge in [0.05, 0.1) is 0 Å². The van der Waals surface area contributed by atoms with Gasteiger partial charge >= 0.3 is 0 Å². The summed E-state index contributed by atoms with van der Waals surface area (Å²) in [5.41, 5.74) is 0.706. The van der Waals surface area contributed by atoms with E-state index in [0.717, 1.165) is 0 Å². The largest absolute Gasteiger partial charge is 0.385 e. The predicted octanol–water partition coefficient (Wildman–Crippen LogP) is 2.98. The van der Waals surface area contributed by atoms with Gasteiger partial charge in [-0.3, -0.25) is 0 Å². The van der Waals surface area contributed by atoms with Gasteiger partial charge in [-0.25, -0.2) is 8.78 Å². The second-order valence-corrected chi connectivity index (χ2v) is 3.28. The molecule has 0 atom stereocenters. The van der Waals surface area contributed by atoms with Crippen LogP contribution in [-0.4, -0.2) is 6.54 Å². The van der Waals surface area contributed by atoms with Gasteiger partial charge in [0.15, 0.2) is 0 Å². The first kappa shape index (κ1) is 8.48. The van der Waals surface area contributed by atoms with E-state index in [-0.39, 0.29) is 12.0 Å². The third kappa shape index (κ3) is 1.50. The van der Waals surface area contributed by atoms with Crippen LogP contribution in [0.25, 0.3) is 0 Å². The molecule has 0 aromatic heterocycles. The van der Waals surface area contributed by atoms with Crippen molar-refractivity contribution in [3.8, 4) is 0 Å². The summed E-state index contributed by atoms with van der Waals surface area (Å²) in [6, 6.07) is 6.62. The summed E-state index contributed by atoms with van der Waals surface area (Å²) in [6.07, 6.45) is 0.457. The van der Waals surface area contributed by atoms with Gasteiger partial charge in [0.2, 0.25) is 0 Å². The second kappa shape index (κ2) is 2.98. The SMILES string of the molecule is FC1(F)CCCNc2ccccc21. The number of benzene rings is 1. The monoisotopic (exact) mass is 183 g/mol. The minimum Gasteiger partial charge on any atom is -0.385 e. The fourth-order valence-corrected chi connectivity index (χ4v) is 1.62. The van der Waals surface area contributed by atoms with Crippen molar-refractivity contribution in [1.82, 2.24) is 0 Å². The Kier molecular flexibility index (Phi) is 1.94. The highest BCUT2D eigenvalue weighted by molar-refractivity contribution is 5.53. The molecule has 1 aromatic rings. The Morgan fingerprint density at radius 1 is 1.23 bits per heavy atom. The Morgan fingerprint density at radius 2 is 2.00 bits per heavy atom. The lowest BCUT2D eigenvalue weighted by atomic mass is 10.0. The van der Waals surface area contributed by atoms with Crippen LogP contribution in [0.4, 0.5) is 14.5 Å². The maximum absolute atomic E-state index is 13.4. The van der Waals surface area contributed by atoms with E-state index in [4.69, 9.17) is 0 Å². The summed E-state index contributed by atoms with van der Waals surface area (Å²) in [4.78, 5) is 0. The summed E-state index contributed by atoms with van der Waals surface area (Å²) in [6.45, 7) is 0.632. The van der Waals surface area contributed by atoms with Crippen molar-refractivity contribution in [3.63, 3.8) is 0 Å². The Bertz CT molecular complexity index is 310. The normalized spacial score (nSPS) is 19.8. The highest BCUT2D eigenvalue weighted by Gasteiger charge is 2.34. The molecule has 1 N–H and O–H groups in total. The molecule has 13 heavy (non-hydrogen) atoms. The average molecular weight is 183 g/mol. The maximum Gasteiger partial charge on any atom is 0.275 e. The molecule has 1 nitrogen and oxygen atoms in total. The van der Waals surface area contributed by atoms with Gasteiger partial charge in [0, 0.05) is 24.2 Å². The first-order chi connectivity index (χ1) is 6.20. The van der Waals surface area contributed by atoms with Crippen molar-refractivity contribution in [2.24, 2.45) is 0 Å². The number of anilines is 1. The van der Waals surface area contributed by atoms with Gasteiger partial charge in [0.25, 0.3) is 5.92 Å². The minimum absolute atomic E-state index is 0.0585. The zero-order chi connectivity index (χ0) is 9.31. The van der Waals surface area contributed by atoms with Crippen LogP contribution < -0.4 is 5.32 Å². The van der Waals surface area contributed by atoms with Crippen LogP contribution in [0, 0.1) is 0 Å². The number of alkyl halides is 2. The Labute approximate surface area is 75.8 Å². The lowest BCUT2D eigenvalue weighted by Gasteiger charge is -2.15.